The molecule has 0 amide bonds. The molecular weight excluding hydrogens is 1310 g/mol. The van der Waals surface area contributed by atoms with Crippen LogP contribution in [-0.4, -0.2) is 134 Å². The van der Waals surface area contributed by atoms with Crippen LogP contribution in [-0.2, 0) is 87.8 Å². The van der Waals surface area contributed by atoms with E-state index in [9.17, 15) is 16.8 Å². The average Bonchev–Trinajstić information content (AvgIpc) is 1.02. The Morgan fingerprint density at radius 1 is 0.309 bits per heavy atom. The SMILES string of the molecule is C.C.C.C.Cc1ccc(S(=O)(=O)OCCOCCOCCOCCOS(=O)(=O)c2ccc(C)cc2)cc1.Cc1cccc(C)c1CCOCCOCCOCCc1c(C)cccc1C.ClCCCCOCCCCCl.c1ccc(COc2cccc(OCc3ccccc3)c2)cc1. The van der Waals surface area contributed by atoms with E-state index in [1.807, 2.05) is 74.5 Å². The minimum Gasteiger partial charge on any atom is -0.489 e. The number of halogens is 2. The summed E-state index contributed by atoms with van der Waals surface area (Å²) < 4.78 is 108. The fourth-order valence-electron chi connectivity index (χ4n) is 8.71. The molecule has 7 aromatic rings. The molecule has 0 aliphatic heterocycles. The van der Waals surface area contributed by atoms with Gasteiger partial charge < -0.3 is 42.6 Å². The summed E-state index contributed by atoms with van der Waals surface area (Å²) in [6, 6.07) is 53.6. The van der Waals surface area contributed by atoms with Crippen molar-refractivity contribution in [2.45, 2.75) is 133 Å². The molecule has 97 heavy (non-hydrogen) atoms. The van der Waals surface area contributed by atoms with Crippen molar-refractivity contribution in [3.05, 3.63) is 225 Å². The summed E-state index contributed by atoms with van der Waals surface area (Å²) in [6.07, 6.45) is 6.17. The van der Waals surface area contributed by atoms with Crippen molar-refractivity contribution in [2.24, 2.45) is 0 Å². The number of aryl methyl sites for hydroxylation is 6. The third kappa shape index (κ3) is 41.4. The van der Waals surface area contributed by atoms with E-state index >= 15 is 0 Å². The first kappa shape index (κ1) is 91.3. The van der Waals surface area contributed by atoms with Gasteiger partial charge >= 0.3 is 0 Å². The van der Waals surface area contributed by atoms with Gasteiger partial charge in [0.15, 0.2) is 0 Å². The van der Waals surface area contributed by atoms with Crippen molar-refractivity contribution in [1.29, 1.82) is 0 Å². The fraction of sp³-hybridized carbons (Fsp3) is 0.462. The molecule has 0 N–H and O–H groups in total. The van der Waals surface area contributed by atoms with E-state index in [0.717, 1.165) is 110 Å². The highest BCUT2D eigenvalue weighted by atomic mass is 35.5. The number of unbranched alkanes of at least 4 members (excludes halogenated alkanes) is 2. The lowest BCUT2D eigenvalue weighted by atomic mass is 10.0. The quantitative estimate of drug-likeness (QED) is 0.0201. The van der Waals surface area contributed by atoms with Gasteiger partial charge in [0.25, 0.3) is 20.2 Å². The first-order chi connectivity index (χ1) is 45.1. The van der Waals surface area contributed by atoms with Crippen LogP contribution in [0.4, 0.5) is 0 Å². The predicted octanol–water partition coefficient (Wildman–Crippen LogP) is 17.6. The standard InChI is InChI=1S/C24H34O3.C22H30O9S2.C20H18O2.C8H16Cl2O.4CH4/c1-19-7-5-8-20(2)23(19)11-13-25-15-17-27-18-16-26-14-12-24-21(3)9-6-10-22(24)4;1-19-3-7-21(8-4-19)32(23,24)30-17-15-28-13-11-27-12-14-29-16-18-31-33(25,26)22-9-5-20(2)6-10-22;1-3-8-17(9-4-1)15-21-19-12-7-13-20(14-19)22-16-18-10-5-2-6-11-18;9-5-1-3-7-11-8-4-2-6-10;;;;/h5-10H,11-18H2,1-4H3;3-10H,11-18H2,1-2H3;1-14H,15-16H2;1-8H2;4*1H4. The maximum Gasteiger partial charge on any atom is 0.297 e. The monoisotopic (exact) mass is 1420 g/mol. The molecule has 19 heteroatoms. The Kier molecular flexibility index (Phi) is 52.7. The molecule has 0 unspecified atom stereocenters. The maximum atomic E-state index is 12.0. The molecule has 7 rings (SSSR count). The van der Waals surface area contributed by atoms with Gasteiger partial charge in [-0.05, 0) is 161 Å². The van der Waals surface area contributed by atoms with E-state index in [1.54, 1.807) is 24.3 Å². The minimum atomic E-state index is -3.79. The third-order valence-corrected chi connectivity index (χ3v) is 17.2. The van der Waals surface area contributed by atoms with Crippen molar-refractivity contribution >= 4 is 43.4 Å². The molecule has 0 saturated heterocycles. The molecule has 0 heterocycles. The molecule has 0 radical (unpaired) electrons. The number of ether oxygens (including phenoxy) is 9. The molecule has 0 atom stereocenters. The van der Waals surface area contributed by atoms with Gasteiger partial charge in [-0.15, -0.1) is 23.2 Å². The second kappa shape index (κ2) is 56.1. The summed E-state index contributed by atoms with van der Waals surface area (Å²) in [5, 5.41) is 0. The molecule has 0 fully saturated rings. The van der Waals surface area contributed by atoms with Crippen LogP contribution in [0, 0.1) is 41.5 Å². The summed E-state index contributed by atoms with van der Waals surface area (Å²) in [4.78, 5) is 0.212. The molecule has 0 saturated carbocycles. The largest absolute Gasteiger partial charge is 0.489 e. The second-order valence-electron chi connectivity index (χ2n) is 21.5. The van der Waals surface area contributed by atoms with E-state index in [2.05, 4.69) is 88.4 Å². The van der Waals surface area contributed by atoms with Crippen LogP contribution in [0.5, 0.6) is 11.5 Å². The normalized spacial score (nSPS) is 10.7. The summed E-state index contributed by atoms with van der Waals surface area (Å²) in [5.41, 5.74) is 12.4. The Bertz CT molecular complexity index is 3020. The van der Waals surface area contributed by atoms with Crippen molar-refractivity contribution in [2.75, 3.05) is 117 Å². The highest BCUT2D eigenvalue weighted by Gasteiger charge is 2.16. The van der Waals surface area contributed by atoms with E-state index < -0.39 is 20.2 Å². The summed E-state index contributed by atoms with van der Waals surface area (Å²) in [7, 11) is -7.58. The van der Waals surface area contributed by atoms with Crippen molar-refractivity contribution < 1.29 is 67.8 Å². The number of rotatable bonds is 42. The highest BCUT2D eigenvalue weighted by Crippen LogP contribution is 2.22. The van der Waals surface area contributed by atoms with Crippen molar-refractivity contribution in [3.8, 4) is 11.5 Å². The van der Waals surface area contributed by atoms with E-state index in [0.29, 0.717) is 52.9 Å². The molecule has 0 spiro atoms. The number of hydrogen-bond donors (Lipinski definition) is 0. The van der Waals surface area contributed by atoms with Gasteiger partial charge in [0, 0.05) is 31.0 Å². The topological polar surface area (TPSA) is 170 Å². The first-order valence-electron chi connectivity index (χ1n) is 31.7. The molecule has 15 nitrogen and oxygen atoms in total. The van der Waals surface area contributed by atoms with E-state index in [1.165, 1.54) is 57.6 Å². The summed E-state index contributed by atoms with van der Waals surface area (Å²) >= 11 is 11.0. The van der Waals surface area contributed by atoms with Gasteiger partial charge in [-0.1, -0.05) is 168 Å². The van der Waals surface area contributed by atoms with Gasteiger partial charge in [0.05, 0.1) is 102 Å². The lowest BCUT2D eigenvalue weighted by Crippen LogP contribution is -2.15. The molecule has 7 aromatic carbocycles. The van der Waals surface area contributed by atoms with Crippen LogP contribution in [0.2, 0.25) is 0 Å². The lowest BCUT2D eigenvalue weighted by molar-refractivity contribution is 0.00558. The lowest BCUT2D eigenvalue weighted by Gasteiger charge is -2.11. The Hall–Kier alpha value is -5.74. The second-order valence-corrected chi connectivity index (χ2v) is 25.5. The molecule has 0 bridgehead atoms. The van der Waals surface area contributed by atoms with Crippen LogP contribution in [0.1, 0.15) is 111 Å². The number of benzene rings is 7. The minimum absolute atomic E-state index is 0. The Morgan fingerprint density at radius 3 is 0.918 bits per heavy atom. The maximum absolute atomic E-state index is 12.0. The molecule has 0 aliphatic carbocycles. The smallest absolute Gasteiger partial charge is 0.297 e. The van der Waals surface area contributed by atoms with E-state index in [4.69, 9.17) is 74.2 Å². The van der Waals surface area contributed by atoms with E-state index in [-0.39, 0.29) is 79.1 Å². The van der Waals surface area contributed by atoms with Gasteiger partial charge in [0.2, 0.25) is 0 Å². The Morgan fingerprint density at radius 2 is 0.598 bits per heavy atom. The Labute approximate surface area is 594 Å². The van der Waals surface area contributed by atoms with Crippen LogP contribution in [0.3, 0.4) is 0 Å². The summed E-state index contributed by atoms with van der Waals surface area (Å²) in [5.74, 6) is 3.11. The molecule has 542 valence electrons. The fourth-order valence-corrected chi connectivity index (χ4v) is 10.9. The zero-order valence-corrected chi connectivity index (χ0v) is 58.4. The van der Waals surface area contributed by atoms with Crippen LogP contribution >= 0.6 is 23.2 Å². The van der Waals surface area contributed by atoms with Crippen molar-refractivity contribution in [3.63, 3.8) is 0 Å². The van der Waals surface area contributed by atoms with Crippen molar-refractivity contribution in [1.82, 2.24) is 0 Å². The third-order valence-electron chi connectivity index (χ3n) is 14.0. The average molecular weight is 1430 g/mol. The zero-order chi connectivity index (χ0) is 67.0. The van der Waals surface area contributed by atoms with Gasteiger partial charge in [-0.25, -0.2) is 0 Å². The zero-order valence-electron chi connectivity index (χ0n) is 55.2. The van der Waals surface area contributed by atoms with Crippen LogP contribution in [0.25, 0.3) is 0 Å². The van der Waals surface area contributed by atoms with Crippen LogP contribution < -0.4 is 9.47 Å². The van der Waals surface area contributed by atoms with Gasteiger partial charge in [-0.3, -0.25) is 8.37 Å². The molecule has 0 aromatic heterocycles. The van der Waals surface area contributed by atoms with Crippen LogP contribution in [0.15, 0.2) is 180 Å². The predicted molar refractivity (Wildman–Crippen MR) is 398 cm³/mol. The first-order valence-corrected chi connectivity index (χ1v) is 35.6. The number of hydrogen-bond acceptors (Lipinski definition) is 15. The molecular formula is C78H114Cl2O15S2. The molecule has 0 aliphatic rings. The van der Waals surface area contributed by atoms with Gasteiger partial charge in [-0.2, -0.15) is 16.8 Å². The summed E-state index contributed by atoms with van der Waals surface area (Å²) in [6.45, 7) is 20.3. The number of alkyl halides is 2. The Balaban J connectivity index is 0.00000131. The van der Waals surface area contributed by atoms with Gasteiger partial charge in [0.1, 0.15) is 24.7 Å². The highest BCUT2D eigenvalue weighted by molar-refractivity contribution is 7.87.